The van der Waals surface area contributed by atoms with Crippen LogP contribution >= 0.6 is 0 Å². The summed E-state index contributed by atoms with van der Waals surface area (Å²) >= 11 is 0. The molecule has 2 amide bonds. The van der Waals surface area contributed by atoms with E-state index in [0.29, 0.717) is 12.8 Å². The van der Waals surface area contributed by atoms with Gasteiger partial charge in [-0.3, -0.25) is 0 Å². The fraction of sp³-hybridized carbons (Fsp3) is 0.533. The van der Waals surface area contributed by atoms with Gasteiger partial charge < -0.3 is 20.5 Å². The molecule has 2 unspecified atom stereocenters. The third kappa shape index (κ3) is 5.63. The number of carbonyl (C=O) groups excluding carboxylic acids is 1. The zero-order chi connectivity index (χ0) is 16.9. The standard InChI is InChI=1S/C15H19F3N2O3/c16-15(17,18)23-13-8-4-1-5-10(13)9-19-14(22)20-11-6-2-3-7-12(11)21/h1,4-5,8,11-12,21H,2-3,6-7,9H2,(H2,19,20,22). The van der Waals surface area contributed by atoms with Crippen molar-refractivity contribution in [3.8, 4) is 5.75 Å². The molecule has 1 fully saturated rings. The predicted octanol–water partition coefficient (Wildman–Crippen LogP) is 2.69. The summed E-state index contributed by atoms with van der Waals surface area (Å²) in [5.41, 5.74) is 0.212. The van der Waals surface area contributed by atoms with Crippen molar-refractivity contribution < 1.29 is 27.8 Å². The molecule has 1 aromatic carbocycles. The molecule has 128 valence electrons. The summed E-state index contributed by atoms with van der Waals surface area (Å²) in [6.45, 7) is -0.110. The molecule has 0 spiro atoms. The largest absolute Gasteiger partial charge is 0.573 e. The molecule has 0 aromatic heterocycles. The zero-order valence-corrected chi connectivity index (χ0v) is 12.4. The van der Waals surface area contributed by atoms with Crippen molar-refractivity contribution in [2.45, 2.75) is 50.7 Å². The molecule has 1 aromatic rings. The number of aliphatic hydroxyl groups is 1. The van der Waals surface area contributed by atoms with Crippen LogP contribution in [-0.2, 0) is 6.54 Å². The second-order valence-corrected chi connectivity index (χ2v) is 5.44. The summed E-state index contributed by atoms with van der Waals surface area (Å²) in [5, 5.41) is 14.9. The van der Waals surface area contributed by atoms with Crippen molar-refractivity contribution in [2.75, 3.05) is 0 Å². The van der Waals surface area contributed by atoms with E-state index in [1.54, 1.807) is 6.07 Å². The zero-order valence-electron chi connectivity index (χ0n) is 12.4. The van der Waals surface area contributed by atoms with Gasteiger partial charge in [0.05, 0.1) is 12.1 Å². The number of hydrogen-bond donors (Lipinski definition) is 3. The molecule has 0 aliphatic heterocycles. The van der Waals surface area contributed by atoms with Gasteiger partial charge in [-0.05, 0) is 18.9 Å². The van der Waals surface area contributed by atoms with Gasteiger partial charge in [0.25, 0.3) is 0 Å². The SMILES string of the molecule is O=C(NCc1ccccc1OC(F)(F)F)NC1CCCCC1O. The van der Waals surface area contributed by atoms with E-state index in [2.05, 4.69) is 15.4 Å². The second-order valence-electron chi connectivity index (χ2n) is 5.44. The fourth-order valence-electron chi connectivity index (χ4n) is 2.55. The van der Waals surface area contributed by atoms with Crippen LogP contribution < -0.4 is 15.4 Å². The van der Waals surface area contributed by atoms with Gasteiger partial charge in [-0.15, -0.1) is 13.2 Å². The molecular formula is C15H19F3N2O3. The molecule has 1 aliphatic rings. The maximum absolute atomic E-state index is 12.3. The van der Waals surface area contributed by atoms with E-state index in [0.717, 1.165) is 12.8 Å². The Bertz CT molecular complexity index is 537. The van der Waals surface area contributed by atoms with E-state index in [4.69, 9.17) is 0 Å². The van der Waals surface area contributed by atoms with Crippen LogP contribution in [0.5, 0.6) is 5.75 Å². The van der Waals surface area contributed by atoms with Crippen molar-refractivity contribution >= 4 is 6.03 Å². The minimum atomic E-state index is -4.79. The first-order valence-electron chi connectivity index (χ1n) is 7.41. The summed E-state index contributed by atoms with van der Waals surface area (Å²) in [6.07, 6.45) is -2.22. The number of para-hydroxylation sites is 1. The number of benzene rings is 1. The predicted molar refractivity (Wildman–Crippen MR) is 76.8 cm³/mol. The Morgan fingerprint density at radius 1 is 1.26 bits per heavy atom. The summed E-state index contributed by atoms with van der Waals surface area (Å²) in [7, 11) is 0. The van der Waals surface area contributed by atoms with Crippen LogP contribution in [-0.4, -0.2) is 29.6 Å². The Labute approximate surface area is 131 Å². The number of carbonyl (C=O) groups is 1. The van der Waals surface area contributed by atoms with E-state index in [1.165, 1.54) is 18.2 Å². The van der Waals surface area contributed by atoms with Gasteiger partial charge in [0.1, 0.15) is 5.75 Å². The van der Waals surface area contributed by atoms with Gasteiger partial charge in [-0.2, -0.15) is 0 Å². The van der Waals surface area contributed by atoms with E-state index in [-0.39, 0.29) is 23.9 Å². The van der Waals surface area contributed by atoms with E-state index < -0.39 is 18.5 Å². The number of ether oxygens (including phenoxy) is 1. The van der Waals surface area contributed by atoms with Gasteiger partial charge in [0, 0.05) is 12.1 Å². The number of halogens is 3. The molecule has 0 heterocycles. The molecule has 2 atom stereocenters. The minimum absolute atomic E-state index is 0.110. The Balaban J connectivity index is 1.89. The first-order valence-corrected chi connectivity index (χ1v) is 7.41. The van der Waals surface area contributed by atoms with E-state index >= 15 is 0 Å². The lowest BCUT2D eigenvalue weighted by molar-refractivity contribution is -0.274. The Morgan fingerprint density at radius 3 is 2.65 bits per heavy atom. The molecule has 8 heteroatoms. The molecule has 3 N–H and O–H groups in total. The van der Waals surface area contributed by atoms with Crippen LogP contribution in [0.25, 0.3) is 0 Å². The van der Waals surface area contributed by atoms with Crippen LogP contribution in [0.1, 0.15) is 31.2 Å². The minimum Gasteiger partial charge on any atom is -0.405 e. The third-order valence-electron chi connectivity index (χ3n) is 3.68. The lowest BCUT2D eigenvalue weighted by Gasteiger charge is -2.28. The van der Waals surface area contributed by atoms with Crippen molar-refractivity contribution in [3.63, 3.8) is 0 Å². The van der Waals surface area contributed by atoms with Gasteiger partial charge in [0.15, 0.2) is 0 Å². The van der Waals surface area contributed by atoms with Crippen molar-refractivity contribution in [1.82, 2.24) is 10.6 Å². The molecule has 23 heavy (non-hydrogen) atoms. The number of rotatable bonds is 4. The number of hydrogen-bond acceptors (Lipinski definition) is 3. The average molecular weight is 332 g/mol. The first kappa shape index (κ1) is 17.4. The molecular weight excluding hydrogens is 313 g/mol. The van der Waals surface area contributed by atoms with Crippen LogP contribution in [0.4, 0.5) is 18.0 Å². The number of urea groups is 1. The number of nitrogens with one attached hydrogen (secondary N) is 2. The van der Waals surface area contributed by atoms with E-state index in [9.17, 15) is 23.1 Å². The molecule has 1 saturated carbocycles. The maximum Gasteiger partial charge on any atom is 0.573 e. The summed E-state index contributed by atoms with van der Waals surface area (Å²) in [6, 6.07) is 4.75. The highest BCUT2D eigenvalue weighted by molar-refractivity contribution is 5.74. The van der Waals surface area contributed by atoms with Gasteiger partial charge in [0.2, 0.25) is 0 Å². The average Bonchev–Trinajstić information content (AvgIpc) is 2.47. The van der Waals surface area contributed by atoms with E-state index in [1.807, 2.05) is 0 Å². The van der Waals surface area contributed by atoms with Crippen molar-refractivity contribution in [2.24, 2.45) is 0 Å². The number of aliphatic hydroxyl groups excluding tert-OH is 1. The molecule has 2 rings (SSSR count). The smallest absolute Gasteiger partial charge is 0.405 e. The quantitative estimate of drug-likeness (QED) is 0.794. The lowest BCUT2D eigenvalue weighted by Crippen LogP contribution is -2.48. The third-order valence-corrected chi connectivity index (χ3v) is 3.68. The van der Waals surface area contributed by atoms with Gasteiger partial charge in [-0.1, -0.05) is 31.0 Å². The first-order chi connectivity index (χ1) is 10.8. The molecule has 0 saturated heterocycles. The van der Waals surface area contributed by atoms with Gasteiger partial charge in [-0.25, -0.2) is 4.79 Å². The Hall–Kier alpha value is -1.96. The molecule has 0 radical (unpaired) electrons. The molecule has 5 nitrogen and oxygen atoms in total. The highest BCUT2D eigenvalue weighted by Gasteiger charge is 2.32. The van der Waals surface area contributed by atoms with Crippen LogP contribution in [0.3, 0.4) is 0 Å². The molecule has 1 aliphatic carbocycles. The highest BCUT2D eigenvalue weighted by atomic mass is 19.4. The van der Waals surface area contributed by atoms with Crippen molar-refractivity contribution in [1.29, 1.82) is 0 Å². The fourth-order valence-corrected chi connectivity index (χ4v) is 2.55. The number of amides is 2. The topological polar surface area (TPSA) is 70.6 Å². The summed E-state index contributed by atoms with van der Waals surface area (Å²) in [4.78, 5) is 11.8. The Morgan fingerprint density at radius 2 is 1.96 bits per heavy atom. The monoisotopic (exact) mass is 332 g/mol. The maximum atomic E-state index is 12.3. The van der Waals surface area contributed by atoms with Crippen LogP contribution in [0.2, 0.25) is 0 Å². The number of alkyl halides is 3. The second kappa shape index (κ2) is 7.54. The lowest BCUT2D eigenvalue weighted by atomic mass is 9.93. The summed E-state index contributed by atoms with van der Waals surface area (Å²) in [5.74, 6) is -0.349. The van der Waals surface area contributed by atoms with Crippen LogP contribution in [0.15, 0.2) is 24.3 Å². The van der Waals surface area contributed by atoms with Crippen molar-refractivity contribution in [3.05, 3.63) is 29.8 Å². The summed E-state index contributed by atoms with van der Waals surface area (Å²) < 4.78 is 40.9. The normalized spacial score (nSPS) is 21.6. The van der Waals surface area contributed by atoms with Crippen LogP contribution in [0, 0.1) is 0 Å². The highest BCUT2D eigenvalue weighted by Crippen LogP contribution is 2.26. The van der Waals surface area contributed by atoms with Gasteiger partial charge >= 0.3 is 12.4 Å². The molecule has 0 bridgehead atoms. The Kier molecular flexibility index (Phi) is 5.70.